The summed E-state index contributed by atoms with van der Waals surface area (Å²) in [5.74, 6) is -0.863. The van der Waals surface area contributed by atoms with Crippen molar-refractivity contribution >= 4 is 6.29 Å². The lowest BCUT2D eigenvalue weighted by Gasteiger charge is -2.37. The summed E-state index contributed by atoms with van der Waals surface area (Å²) in [6.45, 7) is 3.31. The number of rotatable bonds is 1. The minimum atomic E-state index is -0.946. The lowest BCUT2D eigenvalue weighted by molar-refractivity contribution is -0.235. The summed E-state index contributed by atoms with van der Waals surface area (Å²) in [6.07, 6.45) is -1.55. The van der Waals surface area contributed by atoms with Crippen LogP contribution in [0.2, 0.25) is 0 Å². The zero-order chi connectivity index (χ0) is 9.30. The van der Waals surface area contributed by atoms with Gasteiger partial charge in [-0.1, -0.05) is 6.92 Å². The molecule has 0 aromatic heterocycles. The van der Waals surface area contributed by atoms with Crippen molar-refractivity contribution in [3.63, 3.8) is 0 Å². The van der Waals surface area contributed by atoms with Crippen molar-refractivity contribution in [2.45, 2.75) is 32.3 Å². The summed E-state index contributed by atoms with van der Waals surface area (Å²) in [5, 5.41) is 18.7. The van der Waals surface area contributed by atoms with Crippen molar-refractivity contribution in [2.24, 2.45) is 11.8 Å². The standard InChI is InChI=1S/C8H14O4/c1-4-6(3-9)7(10)5(2)12-8(4)11/h3-8,10-11H,1-2H3/t4?,5?,6?,7-,8-/m1/s1. The molecule has 1 saturated heterocycles. The molecule has 4 heteroatoms. The molecule has 4 nitrogen and oxygen atoms in total. The van der Waals surface area contributed by atoms with Crippen LogP contribution in [0.15, 0.2) is 0 Å². The molecule has 70 valence electrons. The van der Waals surface area contributed by atoms with E-state index >= 15 is 0 Å². The SMILES string of the molecule is CC1O[C@@H](O)C(C)C(C=O)[C@@H]1O. The largest absolute Gasteiger partial charge is 0.390 e. The molecule has 1 aliphatic heterocycles. The van der Waals surface area contributed by atoms with E-state index in [1.165, 1.54) is 0 Å². The first-order valence-electron chi connectivity index (χ1n) is 4.04. The van der Waals surface area contributed by atoms with Gasteiger partial charge in [0.15, 0.2) is 6.29 Å². The molecule has 0 aliphatic carbocycles. The van der Waals surface area contributed by atoms with Crippen LogP contribution in [0.3, 0.4) is 0 Å². The number of aliphatic hydroxyl groups is 2. The second-order valence-corrected chi connectivity index (χ2v) is 3.29. The fraction of sp³-hybridized carbons (Fsp3) is 0.875. The summed E-state index contributed by atoms with van der Waals surface area (Å²) in [4.78, 5) is 10.5. The number of carbonyl (C=O) groups is 1. The quantitative estimate of drug-likeness (QED) is 0.528. The number of aliphatic hydroxyl groups excluding tert-OH is 2. The Labute approximate surface area is 71.2 Å². The van der Waals surface area contributed by atoms with E-state index in [2.05, 4.69) is 0 Å². The Morgan fingerprint density at radius 1 is 1.33 bits per heavy atom. The Bertz CT molecular complexity index is 156. The van der Waals surface area contributed by atoms with Crippen molar-refractivity contribution in [2.75, 3.05) is 0 Å². The highest BCUT2D eigenvalue weighted by Gasteiger charge is 2.39. The van der Waals surface area contributed by atoms with E-state index in [0.29, 0.717) is 6.29 Å². The molecular weight excluding hydrogens is 160 g/mol. The van der Waals surface area contributed by atoms with Gasteiger partial charge in [0.25, 0.3) is 0 Å². The topological polar surface area (TPSA) is 66.8 Å². The molecule has 1 heterocycles. The smallest absolute Gasteiger partial charge is 0.158 e. The van der Waals surface area contributed by atoms with E-state index in [0.717, 1.165) is 0 Å². The monoisotopic (exact) mass is 174 g/mol. The predicted octanol–water partition coefficient (Wildman–Crippen LogP) is -0.464. The van der Waals surface area contributed by atoms with Gasteiger partial charge in [0, 0.05) is 5.92 Å². The van der Waals surface area contributed by atoms with Gasteiger partial charge >= 0.3 is 0 Å². The van der Waals surface area contributed by atoms with Crippen LogP contribution >= 0.6 is 0 Å². The molecule has 1 aliphatic rings. The summed E-state index contributed by atoms with van der Waals surface area (Å²) in [7, 11) is 0. The third-order valence-electron chi connectivity index (χ3n) is 2.44. The van der Waals surface area contributed by atoms with E-state index in [-0.39, 0.29) is 5.92 Å². The number of hydrogen-bond donors (Lipinski definition) is 2. The van der Waals surface area contributed by atoms with Gasteiger partial charge in [0.1, 0.15) is 6.29 Å². The fourth-order valence-corrected chi connectivity index (χ4v) is 1.44. The predicted molar refractivity (Wildman–Crippen MR) is 41.3 cm³/mol. The second-order valence-electron chi connectivity index (χ2n) is 3.29. The molecule has 0 spiro atoms. The van der Waals surface area contributed by atoms with Gasteiger partial charge in [-0.25, -0.2) is 0 Å². The molecular formula is C8H14O4. The molecule has 1 fully saturated rings. The van der Waals surface area contributed by atoms with Gasteiger partial charge in [-0.15, -0.1) is 0 Å². The molecule has 2 N–H and O–H groups in total. The molecule has 5 atom stereocenters. The van der Waals surface area contributed by atoms with Gasteiger partial charge in [0.05, 0.1) is 18.1 Å². The number of hydrogen-bond acceptors (Lipinski definition) is 4. The fourth-order valence-electron chi connectivity index (χ4n) is 1.44. The van der Waals surface area contributed by atoms with Crippen molar-refractivity contribution in [1.29, 1.82) is 0 Å². The van der Waals surface area contributed by atoms with Crippen LogP contribution in [0.25, 0.3) is 0 Å². The van der Waals surface area contributed by atoms with Crippen molar-refractivity contribution in [3.05, 3.63) is 0 Å². The Kier molecular flexibility index (Phi) is 2.82. The van der Waals surface area contributed by atoms with Crippen LogP contribution in [0.5, 0.6) is 0 Å². The third-order valence-corrected chi connectivity index (χ3v) is 2.44. The Morgan fingerprint density at radius 3 is 2.42 bits per heavy atom. The minimum Gasteiger partial charge on any atom is -0.390 e. The van der Waals surface area contributed by atoms with E-state index in [1.54, 1.807) is 13.8 Å². The highest BCUT2D eigenvalue weighted by Crippen LogP contribution is 2.27. The average Bonchev–Trinajstić information content (AvgIpc) is 2.02. The zero-order valence-electron chi connectivity index (χ0n) is 7.18. The van der Waals surface area contributed by atoms with Crippen LogP contribution in [0.1, 0.15) is 13.8 Å². The van der Waals surface area contributed by atoms with E-state index in [1.807, 2.05) is 0 Å². The van der Waals surface area contributed by atoms with Crippen LogP contribution < -0.4 is 0 Å². The Balaban J connectivity index is 2.73. The van der Waals surface area contributed by atoms with Crippen LogP contribution in [0, 0.1) is 11.8 Å². The Hall–Kier alpha value is -0.450. The van der Waals surface area contributed by atoms with Gasteiger partial charge in [0.2, 0.25) is 0 Å². The van der Waals surface area contributed by atoms with Crippen LogP contribution in [0.4, 0.5) is 0 Å². The maximum absolute atomic E-state index is 10.5. The van der Waals surface area contributed by atoms with E-state index in [4.69, 9.17) is 4.74 Å². The minimum absolute atomic E-state index is 0.339. The van der Waals surface area contributed by atoms with E-state index in [9.17, 15) is 15.0 Å². The number of ether oxygens (including phenoxy) is 1. The van der Waals surface area contributed by atoms with Crippen LogP contribution in [-0.2, 0) is 9.53 Å². The summed E-state index contributed by atoms with van der Waals surface area (Å²) >= 11 is 0. The molecule has 12 heavy (non-hydrogen) atoms. The highest BCUT2D eigenvalue weighted by atomic mass is 16.6. The first kappa shape index (κ1) is 9.64. The first-order chi connectivity index (χ1) is 5.57. The highest BCUT2D eigenvalue weighted by molar-refractivity contribution is 5.55. The Morgan fingerprint density at radius 2 is 1.92 bits per heavy atom. The molecule has 0 aromatic rings. The lowest BCUT2D eigenvalue weighted by Crippen LogP contribution is -2.49. The maximum Gasteiger partial charge on any atom is 0.158 e. The van der Waals surface area contributed by atoms with Crippen LogP contribution in [-0.4, -0.2) is 35.0 Å². The molecule has 0 amide bonds. The van der Waals surface area contributed by atoms with Crippen molar-refractivity contribution < 1.29 is 19.7 Å². The molecule has 1 rings (SSSR count). The van der Waals surface area contributed by atoms with E-state index < -0.39 is 24.4 Å². The first-order valence-corrected chi connectivity index (χ1v) is 4.04. The summed E-state index contributed by atoms with van der Waals surface area (Å²) in [6, 6.07) is 0. The molecule has 3 unspecified atom stereocenters. The van der Waals surface area contributed by atoms with Gasteiger partial charge in [-0.05, 0) is 6.92 Å². The van der Waals surface area contributed by atoms with Gasteiger partial charge in [-0.3, -0.25) is 0 Å². The van der Waals surface area contributed by atoms with Crippen molar-refractivity contribution in [3.8, 4) is 0 Å². The summed E-state index contributed by atoms with van der Waals surface area (Å²) in [5.41, 5.74) is 0. The van der Waals surface area contributed by atoms with Gasteiger partial charge < -0.3 is 19.7 Å². The maximum atomic E-state index is 10.5. The normalized spacial score (nSPS) is 48.8. The molecule has 0 aromatic carbocycles. The summed E-state index contributed by atoms with van der Waals surface area (Å²) < 4.78 is 4.99. The molecule has 0 saturated carbocycles. The average molecular weight is 174 g/mol. The second kappa shape index (κ2) is 3.51. The number of carbonyl (C=O) groups excluding carboxylic acids is 1. The number of aldehydes is 1. The molecule has 0 bridgehead atoms. The van der Waals surface area contributed by atoms with Crippen molar-refractivity contribution in [1.82, 2.24) is 0 Å². The van der Waals surface area contributed by atoms with Gasteiger partial charge in [-0.2, -0.15) is 0 Å². The molecule has 0 radical (unpaired) electrons. The third kappa shape index (κ3) is 1.50. The zero-order valence-corrected chi connectivity index (χ0v) is 7.18. The lowest BCUT2D eigenvalue weighted by atomic mass is 9.85.